The minimum atomic E-state index is -2.92. The van der Waals surface area contributed by atoms with Gasteiger partial charge in [0, 0.05) is 31.7 Å². The predicted octanol–water partition coefficient (Wildman–Crippen LogP) is 3.05. The van der Waals surface area contributed by atoms with Crippen LogP contribution in [-0.4, -0.2) is 43.7 Å². The summed E-state index contributed by atoms with van der Waals surface area (Å²) in [5, 5.41) is 2.85. The van der Waals surface area contributed by atoms with Gasteiger partial charge >= 0.3 is 6.61 Å². The van der Waals surface area contributed by atoms with Crippen LogP contribution in [0.1, 0.15) is 21.5 Å². The Balaban J connectivity index is 1.62. The van der Waals surface area contributed by atoms with E-state index in [1.165, 1.54) is 18.2 Å². The second kappa shape index (κ2) is 9.43. The molecule has 1 N–H and O–H groups in total. The molecule has 3 rings (SSSR count). The monoisotopic (exact) mass is 376 g/mol. The van der Waals surface area contributed by atoms with Gasteiger partial charge in [0.05, 0.1) is 13.2 Å². The van der Waals surface area contributed by atoms with E-state index in [9.17, 15) is 13.6 Å². The van der Waals surface area contributed by atoms with Gasteiger partial charge in [0.15, 0.2) is 0 Å². The molecule has 27 heavy (non-hydrogen) atoms. The fraction of sp³-hybridized carbons (Fsp3) is 0.350. The van der Waals surface area contributed by atoms with E-state index in [4.69, 9.17) is 4.74 Å². The van der Waals surface area contributed by atoms with Crippen LogP contribution in [0.25, 0.3) is 0 Å². The number of halogens is 2. The topological polar surface area (TPSA) is 50.8 Å². The fourth-order valence-electron chi connectivity index (χ4n) is 2.98. The van der Waals surface area contributed by atoms with Gasteiger partial charge in [0.1, 0.15) is 5.75 Å². The van der Waals surface area contributed by atoms with Crippen LogP contribution in [-0.2, 0) is 17.8 Å². The first-order chi connectivity index (χ1) is 13.1. The van der Waals surface area contributed by atoms with Crippen LogP contribution in [0, 0.1) is 0 Å². The minimum Gasteiger partial charge on any atom is -0.435 e. The maximum Gasteiger partial charge on any atom is 0.387 e. The Bertz CT molecular complexity index is 764. The van der Waals surface area contributed by atoms with Gasteiger partial charge in [-0.05, 0) is 29.3 Å². The SMILES string of the molecule is O=C(NCc1ccccc1CN1CCOCC1)c1cccc(OC(F)F)c1. The average Bonchev–Trinajstić information content (AvgIpc) is 2.67. The van der Waals surface area contributed by atoms with Crippen molar-refractivity contribution in [3.63, 3.8) is 0 Å². The van der Waals surface area contributed by atoms with Gasteiger partial charge in [-0.25, -0.2) is 0 Å². The van der Waals surface area contributed by atoms with Crippen LogP contribution in [0.15, 0.2) is 48.5 Å². The Kier molecular flexibility index (Phi) is 6.73. The molecule has 1 saturated heterocycles. The fourth-order valence-corrected chi connectivity index (χ4v) is 2.98. The number of morpholine rings is 1. The van der Waals surface area contributed by atoms with E-state index in [1.807, 2.05) is 24.3 Å². The molecule has 0 unspecified atom stereocenters. The summed E-state index contributed by atoms with van der Waals surface area (Å²) >= 11 is 0. The van der Waals surface area contributed by atoms with Crippen LogP contribution in [0.4, 0.5) is 8.78 Å². The quantitative estimate of drug-likeness (QED) is 0.807. The number of carbonyl (C=O) groups excluding carboxylic acids is 1. The molecule has 0 aromatic heterocycles. The van der Waals surface area contributed by atoms with Crippen molar-refractivity contribution >= 4 is 5.91 Å². The number of nitrogens with one attached hydrogen (secondary N) is 1. The van der Waals surface area contributed by atoms with Crippen molar-refractivity contribution in [1.82, 2.24) is 10.2 Å². The number of ether oxygens (including phenoxy) is 2. The highest BCUT2D eigenvalue weighted by molar-refractivity contribution is 5.94. The van der Waals surface area contributed by atoms with Crippen molar-refractivity contribution in [3.8, 4) is 5.75 Å². The van der Waals surface area contributed by atoms with Gasteiger partial charge in [0.25, 0.3) is 5.91 Å². The Morgan fingerprint density at radius 3 is 2.59 bits per heavy atom. The average molecular weight is 376 g/mol. The van der Waals surface area contributed by atoms with E-state index < -0.39 is 6.61 Å². The van der Waals surface area contributed by atoms with Gasteiger partial charge in [0.2, 0.25) is 0 Å². The Hall–Kier alpha value is -2.51. The zero-order valence-electron chi connectivity index (χ0n) is 14.9. The molecule has 0 atom stereocenters. The van der Waals surface area contributed by atoms with E-state index in [2.05, 4.69) is 15.0 Å². The van der Waals surface area contributed by atoms with Crippen LogP contribution in [0.2, 0.25) is 0 Å². The Labute approximate surface area is 156 Å². The molecule has 0 aliphatic carbocycles. The third kappa shape index (κ3) is 5.74. The molecule has 0 saturated carbocycles. The van der Waals surface area contributed by atoms with Crippen molar-refractivity contribution in [3.05, 3.63) is 65.2 Å². The largest absolute Gasteiger partial charge is 0.435 e. The summed E-state index contributed by atoms with van der Waals surface area (Å²) in [7, 11) is 0. The lowest BCUT2D eigenvalue weighted by Crippen LogP contribution is -2.36. The van der Waals surface area contributed by atoms with E-state index in [0.717, 1.165) is 44.0 Å². The highest BCUT2D eigenvalue weighted by Crippen LogP contribution is 2.17. The molecule has 2 aromatic rings. The first-order valence-corrected chi connectivity index (χ1v) is 8.82. The van der Waals surface area contributed by atoms with Gasteiger partial charge in [-0.1, -0.05) is 30.3 Å². The standard InChI is InChI=1S/C20H22F2N2O3/c21-20(22)27-18-7-3-6-15(12-18)19(25)23-13-16-4-1-2-5-17(16)14-24-8-10-26-11-9-24/h1-7,12,20H,8-11,13-14H2,(H,23,25). The lowest BCUT2D eigenvalue weighted by molar-refractivity contribution is -0.0498. The van der Waals surface area contributed by atoms with Crippen molar-refractivity contribution in [2.75, 3.05) is 26.3 Å². The van der Waals surface area contributed by atoms with Gasteiger partial charge in [-0.2, -0.15) is 8.78 Å². The third-order valence-electron chi connectivity index (χ3n) is 4.38. The normalized spacial score (nSPS) is 14.9. The molecule has 1 heterocycles. The molecule has 1 aliphatic rings. The lowest BCUT2D eigenvalue weighted by atomic mass is 10.1. The molecule has 1 fully saturated rings. The molecule has 1 amide bonds. The molecule has 7 heteroatoms. The van der Waals surface area contributed by atoms with Gasteiger partial charge in [-0.3, -0.25) is 9.69 Å². The van der Waals surface area contributed by atoms with Crippen molar-refractivity contribution < 1.29 is 23.0 Å². The van der Waals surface area contributed by atoms with Gasteiger partial charge in [-0.15, -0.1) is 0 Å². The molecule has 2 aromatic carbocycles. The number of amides is 1. The number of hydrogen-bond acceptors (Lipinski definition) is 4. The molecule has 1 aliphatic heterocycles. The highest BCUT2D eigenvalue weighted by Gasteiger charge is 2.14. The van der Waals surface area contributed by atoms with Crippen molar-refractivity contribution in [1.29, 1.82) is 0 Å². The van der Waals surface area contributed by atoms with E-state index >= 15 is 0 Å². The van der Waals surface area contributed by atoms with Crippen molar-refractivity contribution in [2.45, 2.75) is 19.7 Å². The smallest absolute Gasteiger partial charge is 0.387 e. The molecule has 5 nitrogen and oxygen atoms in total. The third-order valence-corrected chi connectivity index (χ3v) is 4.38. The summed E-state index contributed by atoms with van der Waals surface area (Å²) in [5.74, 6) is -0.374. The molecule has 144 valence electrons. The summed E-state index contributed by atoms with van der Waals surface area (Å²) in [6.07, 6.45) is 0. The number of carbonyl (C=O) groups is 1. The summed E-state index contributed by atoms with van der Waals surface area (Å²) in [6.45, 7) is 1.48. The highest BCUT2D eigenvalue weighted by atomic mass is 19.3. The maximum absolute atomic E-state index is 12.4. The summed E-state index contributed by atoms with van der Waals surface area (Å²) in [4.78, 5) is 14.7. The first kappa shape index (κ1) is 19.3. The van der Waals surface area contributed by atoms with Crippen LogP contribution >= 0.6 is 0 Å². The second-order valence-electron chi connectivity index (χ2n) is 6.25. The Morgan fingerprint density at radius 1 is 1.11 bits per heavy atom. The molecule has 0 bridgehead atoms. The van der Waals surface area contributed by atoms with Crippen LogP contribution < -0.4 is 10.1 Å². The maximum atomic E-state index is 12.4. The number of alkyl halides is 2. The number of rotatable bonds is 7. The summed E-state index contributed by atoms with van der Waals surface area (Å²) < 4.78 is 34.4. The van der Waals surface area contributed by atoms with Crippen LogP contribution in [0.5, 0.6) is 5.75 Å². The van der Waals surface area contributed by atoms with E-state index in [-0.39, 0.29) is 17.2 Å². The first-order valence-electron chi connectivity index (χ1n) is 8.82. The Morgan fingerprint density at radius 2 is 1.85 bits per heavy atom. The molecule has 0 radical (unpaired) electrons. The van der Waals surface area contributed by atoms with Gasteiger partial charge < -0.3 is 14.8 Å². The lowest BCUT2D eigenvalue weighted by Gasteiger charge is -2.27. The molecular formula is C20H22F2N2O3. The molecule has 0 spiro atoms. The van der Waals surface area contributed by atoms with E-state index in [1.54, 1.807) is 6.07 Å². The number of nitrogens with zero attached hydrogens (tertiary/aromatic N) is 1. The second-order valence-corrected chi connectivity index (χ2v) is 6.25. The summed E-state index contributed by atoms with van der Waals surface area (Å²) in [6, 6.07) is 13.7. The zero-order valence-corrected chi connectivity index (χ0v) is 14.9. The van der Waals surface area contributed by atoms with Crippen LogP contribution in [0.3, 0.4) is 0 Å². The minimum absolute atomic E-state index is 0.0367. The van der Waals surface area contributed by atoms with Crippen molar-refractivity contribution in [2.24, 2.45) is 0 Å². The number of benzene rings is 2. The zero-order chi connectivity index (χ0) is 19.1. The van der Waals surface area contributed by atoms with E-state index in [0.29, 0.717) is 6.54 Å². The summed E-state index contributed by atoms with van der Waals surface area (Å²) in [5.41, 5.74) is 2.45. The molecular weight excluding hydrogens is 354 g/mol. The predicted molar refractivity (Wildman–Crippen MR) is 96.8 cm³/mol. The number of hydrogen-bond donors (Lipinski definition) is 1.